The van der Waals surface area contributed by atoms with E-state index < -0.39 is 0 Å². The van der Waals surface area contributed by atoms with E-state index in [0.717, 1.165) is 13.0 Å². The Balaban J connectivity index is 2.17. The molecule has 0 spiro atoms. The third-order valence-electron chi connectivity index (χ3n) is 2.25. The van der Waals surface area contributed by atoms with Crippen LogP contribution in [0.1, 0.15) is 13.3 Å². The summed E-state index contributed by atoms with van der Waals surface area (Å²) in [6.07, 6.45) is 4.41. The van der Waals surface area contributed by atoms with E-state index in [2.05, 4.69) is 27.0 Å². The molecule has 7 nitrogen and oxygen atoms in total. The number of ether oxygens (including phenoxy) is 1. The number of rotatable bonds is 5. The van der Waals surface area contributed by atoms with Crippen molar-refractivity contribution < 1.29 is 4.74 Å². The highest BCUT2D eigenvalue weighted by atomic mass is 35.5. The summed E-state index contributed by atoms with van der Waals surface area (Å²) in [6, 6.07) is 0.153. The zero-order valence-electron chi connectivity index (χ0n) is 11.0. The molecular weight excluding hydrogens is 268 g/mol. The minimum absolute atomic E-state index is 0.0923. The van der Waals surface area contributed by atoms with Crippen molar-refractivity contribution in [2.45, 2.75) is 19.9 Å². The van der Waals surface area contributed by atoms with Crippen LogP contribution in [-0.2, 0) is 6.54 Å². The summed E-state index contributed by atoms with van der Waals surface area (Å²) in [7, 11) is 3.63. The summed E-state index contributed by atoms with van der Waals surface area (Å²) in [4.78, 5) is 13.8. The monoisotopic (exact) mass is 282 g/mol. The zero-order valence-corrected chi connectivity index (χ0v) is 11.8. The van der Waals surface area contributed by atoms with Crippen LogP contribution >= 0.6 is 11.6 Å². The van der Waals surface area contributed by atoms with E-state index in [1.165, 1.54) is 0 Å². The molecule has 0 saturated heterocycles. The van der Waals surface area contributed by atoms with Gasteiger partial charge in [0.25, 0.3) is 0 Å². The van der Waals surface area contributed by atoms with E-state index in [1.54, 1.807) is 22.0 Å². The first-order valence-corrected chi connectivity index (χ1v) is 6.25. The van der Waals surface area contributed by atoms with Crippen LogP contribution < -0.4 is 9.64 Å². The van der Waals surface area contributed by atoms with Crippen molar-refractivity contribution in [1.29, 1.82) is 0 Å². The summed E-state index contributed by atoms with van der Waals surface area (Å²) in [5.74, 6) is 1.01. The minimum atomic E-state index is 0.0923. The first kappa shape index (κ1) is 13.5. The van der Waals surface area contributed by atoms with Gasteiger partial charge < -0.3 is 9.64 Å². The number of halogens is 1. The molecule has 0 amide bonds. The number of aryl methyl sites for hydroxylation is 1. The molecule has 102 valence electrons. The van der Waals surface area contributed by atoms with E-state index in [-0.39, 0.29) is 11.3 Å². The Morgan fingerprint density at radius 2 is 2.11 bits per heavy atom. The molecule has 0 fully saturated rings. The Morgan fingerprint density at radius 1 is 1.32 bits per heavy atom. The molecule has 0 atom stereocenters. The third kappa shape index (κ3) is 3.54. The second-order valence-corrected chi connectivity index (χ2v) is 4.46. The summed E-state index contributed by atoms with van der Waals surface area (Å²) in [5, 5.41) is 4.25. The second-order valence-electron chi connectivity index (χ2n) is 4.12. The number of nitrogens with zero attached hydrogens (tertiary/aromatic N) is 6. The van der Waals surface area contributed by atoms with Gasteiger partial charge in [-0.25, -0.2) is 0 Å². The lowest BCUT2D eigenvalue weighted by Gasteiger charge is -2.10. The largest absolute Gasteiger partial charge is 0.421 e. The fraction of sp³-hybridized carbons (Fsp3) is 0.455. The molecule has 0 aromatic carbocycles. The van der Waals surface area contributed by atoms with Crippen molar-refractivity contribution >= 4 is 17.5 Å². The fourth-order valence-corrected chi connectivity index (χ4v) is 1.57. The van der Waals surface area contributed by atoms with Gasteiger partial charge in [-0.3, -0.25) is 4.68 Å². The quantitative estimate of drug-likeness (QED) is 0.835. The molecule has 0 bridgehead atoms. The first-order valence-electron chi connectivity index (χ1n) is 5.87. The fourth-order valence-electron chi connectivity index (χ4n) is 1.42. The Kier molecular flexibility index (Phi) is 4.16. The topological polar surface area (TPSA) is 69.0 Å². The highest BCUT2D eigenvalue weighted by molar-refractivity contribution is 6.28. The molecule has 8 heteroatoms. The predicted molar refractivity (Wildman–Crippen MR) is 71.8 cm³/mol. The number of hydrogen-bond acceptors (Lipinski definition) is 6. The van der Waals surface area contributed by atoms with Gasteiger partial charge >= 0.3 is 6.01 Å². The minimum Gasteiger partial charge on any atom is -0.421 e. The lowest BCUT2D eigenvalue weighted by molar-refractivity contribution is 0.438. The van der Waals surface area contributed by atoms with Crippen molar-refractivity contribution in [2.24, 2.45) is 0 Å². The van der Waals surface area contributed by atoms with Gasteiger partial charge in [-0.05, 0) is 18.0 Å². The lowest BCUT2D eigenvalue weighted by Crippen LogP contribution is -2.13. The van der Waals surface area contributed by atoms with Gasteiger partial charge in [0.2, 0.25) is 11.2 Å². The van der Waals surface area contributed by atoms with Crippen LogP contribution in [0.4, 0.5) is 5.95 Å². The molecule has 2 aromatic rings. The molecule has 2 heterocycles. The van der Waals surface area contributed by atoms with Crippen molar-refractivity contribution in [3.05, 3.63) is 17.7 Å². The van der Waals surface area contributed by atoms with Crippen molar-refractivity contribution in [2.75, 3.05) is 19.0 Å². The van der Waals surface area contributed by atoms with Crippen LogP contribution in [0, 0.1) is 0 Å². The maximum Gasteiger partial charge on any atom is 0.328 e. The van der Waals surface area contributed by atoms with E-state index in [0.29, 0.717) is 11.7 Å². The van der Waals surface area contributed by atoms with E-state index >= 15 is 0 Å². The summed E-state index contributed by atoms with van der Waals surface area (Å²) in [6.45, 7) is 2.92. The van der Waals surface area contributed by atoms with Crippen LogP contribution in [0.15, 0.2) is 12.4 Å². The number of hydrogen-bond donors (Lipinski definition) is 0. The SMILES string of the molecule is CCCn1cc(Oc2nc(Cl)nc(N(C)C)n2)cn1. The average molecular weight is 283 g/mol. The zero-order chi connectivity index (χ0) is 13.8. The van der Waals surface area contributed by atoms with Crippen molar-refractivity contribution in [1.82, 2.24) is 24.7 Å². The molecule has 0 N–H and O–H groups in total. The van der Waals surface area contributed by atoms with Crippen LogP contribution in [-0.4, -0.2) is 38.8 Å². The van der Waals surface area contributed by atoms with Crippen LogP contribution in [0.5, 0.6) is 11.8 Å². The second kappa shape index (κ2) is 5.83. The van der Waals surface area contributed by atoms with Gasteiger partial charge in [0.1, 0.15) is 0 Å². The maximum absolute atomic E-state index is 5.83. The van der Waals surface area contributed by atoms with E-state index in [4.69, 9.17) is 16.3 Å². The molecule has 0 radical (unpaired) electrons. The molecule has 0 saturated carbocycles. The van der Waals surface area contributed by atoms with Gasteiger partial charge in [0.05, 0.1) is 12.4 Å². The van der Waals surface area contributed by atoms with Crippen LogP contribution in [0.25, 0.3) is 0 Å². The smallest absolute Gasteiger partial charge is 0.328 e. The predicted octanol–water partition coefficient (Wildman–Crippen LogP) is 1.99. The number of anilines is 1. The molecular formula is C11H15ClN6O. The Hall–Kier alpha value is -1.89. The third-order valence-corrected chi connectivity index (χ3v) is 2.42. The first-order chi connectivity index (χ1) is 9.08. The van der Waals surface area contributed by atoms with Gasteiger partial charge in [0, 0.05) is 20.6 Å². The molecule has 0 aliphatic heterocycles. The molecule has 19 heavy (non-hydrogen) atoms. The van der Waals surface area contributed by atoms with Gasteiger partial charge in [-0.2, -0.15) is 20.1 Å². The molecule has 0 unspecified atom stereocenters. The Morgan fingerprint density at radius 3 is 2.79 bits per heavy atom. The normalized spacial score (nSPS) is 10.5. The van der Waals surface area contributed by atoms with Crippen LogP contribution in [0.3, 0.4) is 0 Å². The summed E-state index contributed by atoms with van der Waals surface area (Å²) < 4.78 is 7.32. The van der Waals surface area contributed by atoms with E-state index in [9.17, 15) is 0 Å². The van der Waals surface area contributed by atoms with Crippen LogP contribution in [0.2, 0.25) is 5.28 Å². The summed E-state index contributed by atoms with van der Waals surface area (Å²) >= 11 is 5.83. The van der Waals surface area contributed by atoms with Gasteiger partial charge in [-0.15, -0.1) is 0 Å². The molecule has 0 aliphatic rings. The van der Waals surface area contributed by atoms with Crippen molar-refractivity contribution in [3.63, 3.8) is 0 Å². The van der Waals surface area contributed by atoms with E-state index in [1.807, 2.05) is 14.1 Å². The van der Waals surface area contributed by atoms with Gasteiger partial charge in [-0.1, -0.05) is 6.92 Å². The van der Waals surface area contributed by atoms with Gasteiger partial charge in [0.15, 0.2) is 5.75 Å². The Bertz CT molecular complexity index is 556. The highest BCUT2D eigenvalue weighted by Gasteiger charge is 2.09. The molecule has 2 aromatic heterocycles. The summed E-state index contributed by atoms with van der Waals surface area (Å²) in [5.41, 5.74) is 0. The lowest BCUT2D eigenvalue weighted by atomic mass is 10.5. The maximum atomic E-state index is 5.83. The highest BCUT2D eigenvalue weighted by Crippen LogP contribution is 2.20. The standard InChI is InChI=1S/C11H15ClN6O/c1-4-5-18-7-8(6-13-18)19-11-15-9(12)14-10(16-11)17(2)3/h6-7H,4-5H2,1-3H3. The van der Waals surface area contributed by atoms with Crippen molar-refractivity contribution in [3.8, 4) is 11.8 Å². The number of aromatic nitrogens is 5. The molecule has 2 rings (SSSR count). The Labute approximate surface area is 116 Å². The average Bonchev–Trinajstić information content (AvgIpc) is 2.76. The molecule has 0 aliphatic carbocycles.